The molecule has 0 bridgehead atoms. The van der Waals surface area contributed by atoms with Gasteiger partial charge in [0.05, 0.1) is 6.42 Å². The fourth-order valence-corrected chi connectivity index (χ4v) is 2.20. The number of benzene rings is 1. The molecule has 1 aromatic carbocycles. The van der Waals surface area contributed by atoms with E-state index in [4.69, 9.17) is 10.8 Å². The van der Waals surface area contributed by atoms with Crippen molar-refractivity contribution < 1.29 is 9.90 Å². The molecule has 0 heterocycles. The van der Waals surface area contributed by atoms with Gasteiger partial charge in [-0.05, 0) is 29.9 Å². The number of anilines is 1. The molecule has 100 valence electrons. The van der Waals surface area contributed by atoms with E-state index in [0.29, 0.717) is 18.7 Å². The second-order valence-electron chi connectivity index (χ2n) is 3.96. The van der Waals surface area contributed by atoms with Crippen LogP contribution >= 0.6 is 11.8 Å². The highest BCUT2D eigenvalue weighted by Gasteiger charge is 2.02. The van der Waals surface area contributed by atoms with Crippen molar-refractivity contribution >= 4 is 23.4 Å². The summed E-state index contributed by atoms with van der Waals surface area (Å²) in [7, 11) is 0. The molecule has 0 aliphatic heterocycles. The van der Waals surface area contributed by atoms with E-state index in [2.05, 4.69) is 5.32 Å². The number of carbonyl (C=O) groups is 1. The number of carbonyl (C=O) groups excluding carboxylic acids is 1. The maximum atomic E-state index is 11.6. The maximum Gasteiger partial charge on any atom is 0.224 e. The Morgan fingerprint density at radius 1 is 1.28 bits per heavy atom. The van der Waals surface area contributed by atoms with Crippen LogP contribution in [0.2, 0.25) is 0 Å². The number of amides is 1. The molecule has 0 aliphatic rings. The maximum absolute atomic E-state index is 11.6. The number of nitrogens with one attached hydrogen (secondary N) is 1. The van der Waals surface area contributed by atoms with Crippen molar-refractivity contribution in [2.75, 3.05) is 30.4 Å². The Morgan fingerprint density at radius 3 is 2.67 bits per heavy atom. The molecule has 0 fully saturated rings. The highest BCUT2D eigenvalue weighted by molar-refractivity contribution is 7.99. The van der Waals surface area contributed by atoms with Crippen LogP contribution in [0.1, 0.15) is 12.0 Å². The first-order valence-electron chi connectivity index (χ1n) is 6.02. The number of aliphatic hydroxyl groups is 1. The van der Waals surface area contributed by atoms with Crippen molar-refractivity contribution in [3.63, 3.8) is 0 Å². The average molecular weight is 268 g/mol. The van der Waals surface area contributed by atoms with E-state index in [9.17, 15) is 4.79 Å². The summed E-state index contributed by atoms with van der Waals surface area (Å²) in [6.07, 6.45) is 1.20. The molecule has 1 aromatic rings. The standard InChI is InChI=1S/C13H20N2O2S/c14-12-4-2-11(3-5-12)10-13(17)15-6-9-18-8-1-7-16/h2-5,16H,1,6-10,14H2,(H,15,17). The van der Waals surface area contributed by atoms with Gasteiger partial charge in [0.25, 0.3) is 0 Å². The molecule has 0 spiro atoms. The lowest BCUT2D eigenvalue weighted by molar-refractivity contribution is -0.120. The second kappa shape index (κ2) is 8.83. The van der Waals surface area contributed by atoms with E-state index in [-0.39, 0.29) is 12.5 Å². The second-order valence-corrected chi connectivity index (χ2v) is 5.18. The number of thioether (sulfide) groups is 1. The van der Waals surface area contributed by atoms with Gasteiger partial charge in [0, 0.05) is 24.6 Å². The van der Waals surface area contributed by atoms with Crippen molar-refractivity contribution in [1.82, 2.24) is 5.32 Å². The molecule has 0 aromatic heterocycles. The lowest BCUT2D eigenvalue weighted by Gasteiger charge is -2.05. The first kappa shape index (κ1) is 14.9. The summed E-state index contributed by atoms with van der Waals surface area (Å²) in [5, 5.41) is 11.5. The molecule has 0 saturated heterocycles. The van der Waals surface area contributed by atoms with Crippen LogP contribution in [-0.2, 0) is 11.2 Å². The third-order valence-electron chi connectivity index (χ3n) is 2.36. The predicted octanol–water partition coefficient (Wildman–Crippen LogP) is 1.04. The number of aliphatic hydroxyl groups excluding tert-OH is 1. The molecular weight excluding hydrogens is 248 g/mol. The summed E-state index contributed by atoms with van der Waals surface area (Å²) in [4.78, 5) is 11.6. The van der Waals surface area contributed by atoms with Crippen LogP contribution < -0.4 is 11.1 Å². The summed E-state index contributed by atoms with van der Waals surface area (Å²) in [6.45, 7) is 0.903. The molecule has 1 amide bonds. The molecule has 1 rings (SSSR count). The van der Waals surface area contributed by atoms with Gasteiger partial charge in [0.1, 0.15) is 0 Å². The summed E-state index contributed by atoms with van der Waals surface area (Å²) < 4.78 is 0. The van der Waals surface area contributed by atoms with Crippen molar-refractivity contribution in [3.05, 3.63) is 29.8 Å². The quantitative estimate of drug-likeness (QED) is 0.486. The average Bonchev–Trinajstić information content (AvgIpc) is 2.36. The van der Waals surface area contributed by atoms with Crippen LogP contribution in [0.4, 0.5) is 5.69 Å². The molecule has 0 unspecified atom stereocenters. The van der Waals surface area contributed by atoms with Gasteiger partial charge in [-0.3, -0.25) is 4.79 Å². The van der Waals surface area contributed by atoms with E-state index in [1.165, 1.54) is 0 Å². The Hall–Kier alpha value is -1.20. The van der Waals surface area contributed by atoms with E-state index < -0.39 is 0 Å². The SMILES string of the molecule is Nc1ccc(CC(=O)NCCSCCCO)cc1. The summed E-state index contributed by atoms with van der Waals surface area (Å²) >= 11 is 1.74. The van der Waals surface area contributed by atoms with Crippen molar-refractivity contribution in [2.45, 2.75) is 12.8 Å². The molecule has 4 nitrogen and oxygen atoms in total. The molecule has 0 radical (unpaired) electrons. The highest BCUT2D eigenvalue weighted by atomic mass is 32.2. The zero-order valence-corrected chi connectivity index (χ0v) is 11.2. The van der Waals surface area contributed by atoms with Gasteiger partial charge in [-0.2, -0.15) is 11.8 Å². The van der Waals surface area contributed by atoms with Gasteiger partial charge < -0.3 is 16.2 Å². The number of hydrogen-bond donors (Lipinski definition) is 3. The predicted molar refractivity (Wildman–Crippen MR) is 76.6 cm³/mol. The monoisotopic (exact) mass is 268 g/mol. The Morgan fingerprint density at radius 2 is 2.00 bits per heavy atom. The zero-order chi connectivity index (χ0) is 13.2. The van der Waals surface area contributed by atoms with Crippen molar-refractivity contribution in [3.8, 4) is 0 Å². The first-order valence-corrected chi connectivity index (χ1v) is 7.17. The van der Waals surface area contributed by atoms with Gasteiger partial charge in [0.15, 0.2) is 0 Å². The van der Waals surface area contributed by atoms with Crippen LogP contribution in [0.3, 0.4) is 0 Å². The van der Waals surface area contributed by atoms with Crippen LogP contribution in [0.5, 0.6) is 0 Å². The summed E-state index contributed by atoms with van der Waals surface area (Å²) in [5.74, 6) is 1.85. The van der Waals surface area contributed by atoms with Crippen LogP contribution in [-0.4, -0.2) is 35.7 Å². The number of nitrogens with two attached hydrogens (primary N) is 1. The molecule has 0 aliphatic carbocycles. The minimum atomic E-state index is 0.0301. The molecular formula is C13H20N2O2S. The van der Waals surface area contributed by atoms with Crippen LogP contribution in [0.15, 0.2) is 24.3 Å². The molecule has 0 saturated carbocycles. The Labute approximate surface area is 112 Å². The van der Waals surface area contributed by atoms with Gasteiger partial charge in [-0.25, -0.2) is 0 Å². The van der Waals surface area contributed by atoms with E-state index in [1.807, 2.05) is 12.1 Å². The van der Waals surface area contributed by atoms with Crippen LogP contribution in [0.25, 0.3) is 0 Å². The number of hydrogen-bond acceptors (Lipinski definition) is 4. The van der Waals surface area contributed by atoms with Crippen LogP contribution in [0, 0.1) is 0 Å². The lowest BCUT2D eigenvalue weighted by Crippen LogP contribution is -2.27. The van der Waals surface area contributed by atoms with E-state index in [0.717, 1.165) is 23.5 Å². The smallest absolute Gasteiger partial charge is 0.224 e. The molecule has 0 atom stereocenters. The van der Waals surface area contributed by atoms with Gasteiger partial charge in [0.2, 0.25) is 5.91 Å². The number of nitrogen functional groups attached to an aromatic ring is 1. The fraction of sp³-hybridized carbons (Fsp3) is 0.462. The zero-order valence-electron chi connectivity index (χ0n) is 10.4. The normalized spacial score (nSPS) is 10.3. The largest absolute Gasteiger partial charge is 0.399 e. The minimum absolute atomic E-state index is 0.0301. The first-order chi connectivity index (χ1) is 8.72. The van der Waals surface area contributed by atoms with Gasteiger partial charge in [-0.1, -0.05) is 12.1 Å². The topological polar surface area (TPSA) is 75.4 Å². The van der Waals surface area contributed by atoms with Gasteiger partial charge in [-0.15, -0.1) is 0 Å². The molecule has 18 heavy (non-hydrogen) atoms. The fourth-order valence-electron chi connectivity index (χ4n) is 1.41. The third-order valence-corrected chi connectivity index (χ3v) is 3.43. The summed E-state index contributed by atoms with van der Waals surface area (Å²) in [5.41, 5.74) is 7.25. The Balaban J connectivity index is 2.12. The van der Waals surface area contributed by atoms with E-state index in [1.54, 1.807) is 23.9 Å². The minimum Gasteiger partial charge on any atom is -0.399 e. The summed E-state index contributed by atoms with van der Waals surface area (Å²) in [6, 6.07) is 7.33. The highest BCUT2D eigenvalue weighted by Crippen LogP contribution is 2.06. The third kappa shape index (κ3) is 6.51. The van der Waals surface area contributed by atoms with Gasteiger partial charge >= 0.3 is 0 Å². The Bertz CT molecular complexity index is 355. The molecule has 4 N–H and O–H groups in total. The van der Waals surface area contributed by atoms with Crippen molar-refractivity contribution in [2.24, 2.45) is 0 Å². The van der Waals surface area contributed by atoms with E-state index >= 15 is 0 Å². The Kier molecular flexibility index (Phi) is 7.29. The lowest BCUT2D eigenvalue weighted by atomic mass is 10.1. The number of rotatable bonds is 8. The molecule has 5 heteroatoms. The van der Waals surface area contributed by atoms with Crippen molar-refractivity contribution in [1.29, 1.82) is 0 Å².